The average molecular weight is 401 g/mol. The summed E-state index contributed by atoms with van der Waals surface area (Å²) in [6.45, 7) is 4.22. The molecule has 3 rings (SSSR count). The first-order chi connectivity index (χ1) is 14.5. The van der Waals surface area contributed by atoms with Gasteiger partial charge in [0, 0.05) is 24.9 Å². The first-order valence-corrected chi connectivity index (χ1v) is 9.81. The van der Waals surface area contributed by atoms with E-state index in [0.717, 1.165) is 18.5 Å². The van der Waals surface area contributed by atoms with E-state index in [4.69, 9.17) is 10.5 Å². The standard InChI is InChI=1S/C23H23N5O2/c1-3-9-28-10-8-19-18(12-28)20(15-4-6-16(7-5-15)22(29)30-2)17(11-24)21(27)23(19,13-25)14-26/h4-8,18,20H,3,9-10,12,27H2,1-2H3. The molecule has 0 saturated carbocycles. The Morgan fingerprint density at radius 3 is 2.47 bits per heavy atom. The van der Waals surface area contributed by atoms with Crippen LogP contribution in [-0.4, -0.2) is 37.6 Å². The summed E-state index contributed by atoms with van der Waals surface area (Å²) in [5, 5.41) is 29.8. The zero-order chi connectivity index (χ0) is 21.9. The van der Waals surface area contributed by atoms with Crippen molar-refractivity contribution in [1.82, 2.24) is 4.90 Å². The molecule has 0 bridgehead atoms. The molecular formula is C23H23N5O2. The fourth-order valence-corrected chi connectivity index (χ4v) is 4.52. The Kier molecular flexibility index (Phi) is 5.92. The highest BCUT2D eigenvalue weighted by Crippen LogP contribution is 2.52. The molecule has 0 aromatic heterocycles. The van der Waals surface area contributed by atoms with Crippen LogP contribution in [0.3, 0.4) is 0 Å². The van der Waals surface area contributed by atoms with Gasteiger partial charge in [0.1, 0.15) is 0 Å². The van der Waals surface area contributed by atoms with Gasteiger partial charge in [-0.25, -0.2) is 4.79 Å². The number of nitriles is 3. The molecule has 1 aliphatic heterocycles. The number of rotatable bonds is 4. The molecule has 1 aliphatic carbocycles. The van der Waals surface area contributed by atoms with Gasteiger partial charge in [-0.15, -0.1) is 0 Å². The number of allylic oxidation sites excluding steroid dienone is 2. The monoisotopic (exact) mass is 401 g/mol. The summed E-state index contributed by atoms with van der Waals surface area (Å²) in [6.07, 6.45) is 2.90. The van der Waals surface area contributed by atoms with Crippen LogP contribution < -0.4 is 5.73 Å². The van der Waals surface area contributed by atoms with Crippen molar-refractivity contribution in [3.8, 4) is 18.2 Å². The molecular weight excluding hydrogens is 378 g/mol. The smallest absolute Gasteiger partial charge is 0.337 e. The van der Waals surface area contributed by atoms with Crippen LogP contribution in [0.1, 0.15) is 35.2 Å². The molecule has 7 heteroatoms. The lowest BCUT2D eigenvalue weighted by Gasteiger charge is -2.45. The van der Waals surface area contributed by atoms with Crippen LogP contribution in [0.4, 0.5) is 0 Å². The number of esters is 1. The number of benzene rings is 1. The predicted molar refractivity (Wildman–Crippen MR) is 109 cm³/mol. The maximum absolute atomic E-state index is 11.8. The van der Waals surface area contributed by atoms with Gasteiger partial charge in [-0.05, 0) is 36.2 Å². The zero-order valence-electron chi connectivity index (χ0n) is 17.1. The van der Waals surface area contributed by atoms with Crippen LogP contribution in [-0.2, 0) is 4.74 Å². The van der Waals surface area contributed by atoms with Gasteiger partial charge in [0.15, 0.2) is 0 Å². The van der Waals surface area contributed by atoms with Gasteiger partial charge in [-0.2, -0.15) is 15.8 Å². The molecule has 0 fully saturated rings. The molecule has 2 N–H and O–H groups in total. The van der Waals surface area contributed by atoms with Gasteiger partial charge in [0.25, 0.3) is 0 Å². The van der Waals surface area contributed by atoms with Gasteiger partial charge >= 0.3 is 5.97 Å². The fraction of sp³-hybridized carbons (Fsp3) is 0.391. The lowest BCUT2D eigenvalue weighted by atomic mass is 9.60. The lowest BCUT2D eigenvalue weighted by Crippen LogP contribution is -2.47. The zero-order valence-corrected chi connectivity index (χ0v) is 17.1. The maximum atomic E-state index is 11.8. The van der Waals surface area contributed by atoms with Gasteiger partial charge in [-0.3, -0.25) is 4.90 Å². The van der Waals surface area contributed by atoms with Crippen LogP contribution in [0.25, 0.3) is 0 Å². The first-order valence-electron chi connectivity index (χ1n) is 9.81. The van der Waals surface area contributed by atoms with Gasteiger partial charge < -0.3 is 10.5 Å². The van der Waals surface area contributed by atoms with E-state index >= 15 is 0 Å². The van der Waals surface area contributed by atoms with Crippen molar-refractivity contribution in [3.63, 3.8) is 0 Å². The third kappa shape index (κ3) is 3.22. The average Bonchev–Trinajstić information content (AvgIpc) is 2.78. The highest BCUT2D eigenvalue weighted by molar-refractivity contribution is 5.89. The molecule has 0 radical (unpaired) electrons. The number of nitrogens with two attached hydrogens (primary N) is 1. The third-order valence-corrected chi connectivity index (χ3v) is 5.95. The number of hydrogen-bond acceptors (Lipinski definition) is 7. The molecule has 1 aromatic carbocycles. The summed E-state index contributed by atoms with van der Waals surface area (Å²) < 4.78 is 4.76. The van der Waals surface area contributed by atoms with E-state index in [1.165, 1.54) is 7.11 Å². The highest BCUT2D eigenvalue weighted by Gasteiger charge is 2.52. The highest BCUT2D eigenvalue weighted by atomic mass is 16.5. The van der Waals surface area contributed by atoms with Crippen LogP contribution >= 0.6 is 0 Å². The van der Waals surface area contributed by atoms with E-state index < -0.39 is 17.3 Å². The normalized spacial score (nSPS) is 22.7. The Bertz CT molecular complexity index is 1020. The minimum Gasteiger partial charge on any atom is -0.465 e. The molecule has 2 aliphatic rings. The first kappa shape index (κ1) is 21.1. The van der Waals surface area contributed by atoms with Crippen molar-refractivity contribution in [3.05, 3.63) is 58.3 Å². The molecule has 1 aromatic rings. The van der Waals surface area contributed by atoms with Gasteiger partial charge in [0.05, 0.1) is 42.2 Å². The van der Waals surface area contributed by atoms with Crippen molar-refractivity contribution in [1.29, 1.82) is 15.8 Å². The molecule has 2 atom stereocenters. The van der Waals surface area contributed by atoms with E-state index in [0.29, 0.717) is 24.2 Å². The summed E-state index contributed by atoms with van der Waals surface area (Å²) >= 11 is 0. The van der Waals surface area contributed by atoms with E-state index in [9.17, 15) is 20.6 Å². The molecule has 0 spiro atoms. The summed E-state index contributed by atoms with van der Waals surface area (Å²) in [7, 11) is 1.32. The summed E-state index contributed by atoms with van der Waals surface area (Å²) in [4.78, 5) is 14.0. The number of nitrogens with zero attached hydrogens (tertiary/aromatic N) is 4. The summed E-state index contributed by atoms with van der Waals surface area (Å²) in [5.41, 5.74) is 6.79. The number of ether oxygens (including phenoxy) is 1. The predicted octanol–water partition coefficient (Wildman–Crippen LogP) is 2.61. The second-order valence-electron chi connectivity index (χ2n) is 7.53. The Morgan fingerprint density at radius 1 is 1.27 bits per heavy atom. The molecule has 7 nitrogen and oxygen atoms in total. The Balaban J connectivity index is 2.19. The lowest BCUT2D eigenvalue weighted by molar-refractivity contribution is 0.0600. The number of carbonyl (C=O) groups is 1. The second kappa shape index (κ2) is 8.41. The number of fused-ring (bicyclic) bond motifs is 1. The van der Waals surface area contributed by atoms with Gasteiger partial charge in [0.2, 0.25) is 5.41 Å². The Labute approximate surface area is 176 Å². The van der Waals surface area contributed by atoms with Crippen LogP contribution in [0, 0.1) is 45.3 Å². The van der Waals surface area contributed by atoms with E-state index in [2.05, 4.69) is 30.0 Å². The Morgan fingerprint density at radius 2 is 1.93 bits per heavy atom. The SMILES string of the molecule is CCCN1CC=C2C(C1)C(c1ccc(C(=O)OC)cc1)C(C#N)=C(N)C2(C#N)C#N. The number of hydrogen-bond donors (Lipinski definition) is 1. The van der Waals surface area contributed by atoms with Crippen molar-refractivity contribution < 1.29 is 9.53 Å². The molecule has 30 heavy (non-hydrogen) atoms. The van der Waals surface area contributed by atoms with Crippen molar-refractivity contribution >= 4 is 5.97 Å². The molecule has 152 valence electrons. The number of carbonyl (C=O) groups excluding carboxylic acids is 1. The molecule has 0 saturated heterocycles. The quantitative estimate of drug-likeness (QED) is 0.607. The summed E-state index contributed by atoms with van der Waals surface area (Å²) in [6, 6.07) is 13.2. The minimum atomic E-state index is -1.63. The Hall–Kier alpha value is -3.60. The molecule has 2 unspecified atom stereocenters. The van der Waals surface area contributed by atoms with Crippen LogP contribution in [0.15, 0.2) is 47.2 Å². The molecule has 1 heterocycles. The third-order valence-electron chi connectivity index (χ3n) is 5.95. The van der Waals surface area contributed by atoms with Crippen molar-refractivity contribution in [2.45, 2.75) is 19.3 Å². The van der Waals surface area contributed by atoms with Crippen molar-refractivity contribution in [2.24, 2.45) is 17.1 Å². The van der Waals surface area contributed by atoms with Crippen molar-refractivity contribution in [2.75, 3.05) is 26.7 Å². The van der Waals surface area contributed by atoms with E-state index in [-0.39, 0.29) is 17.2 Å². The fourth-order valence-electron chi connectivity index (χ4n) is 4.52. The van der Waals surface area contributed by atoms with Gasteiger partial charge in [-0.1, -0.05) is 25.1 Å². The maximum Gasteiger partial charge on any atom is 0.337 e. The topological polar surface area (TPSA) is 127 Å². The summed E-state index contributed by atoms with van der Waals surface area (Å²) in [5.74, 6) is -1.08. The molecule has 0 amide bonds. The minimum absolute atomic E-state index is 0.00323. The second-order valence-corrected chi connectivity index (χ2v) is 7.53. The van der Waals surface area contributed by atoms with E-state index in [1.54, 1.807) is 24.3 Å². The van der Waals surface area contributed by atoms with E-state index in [1.807, 2.05) is 6.08 Å². The van der Waals surface area contributed by atoms with Crippen LogP contribution in [0.5, 0.6) is 0 Å². The largest absolute Gasteiger partial charge is 0.465 e. The number of methoxy groups -OCH3 is 1. The van der Waals surface area contributed by atoms with Crippen LogP contribution in [0.2, 0.25) is 0 Å².